The minimum Gasteiger partial charge on any atom is -0.389 e. The zero-order chi connectivity index (χ0) is 15.5. The van der Waals surface area contributed by atoms with Gasteiger partial charge in [-0.25, -0.2) is 0 Å². The van der Waals surface area contributed by atoms with Crippen LogP contribution in [0.1, 0.15) is 18.9 Å². The third-order valence-corrected chi connectivity index (χ3v) is 3.81. The van der Waals surface area contributed by atoms with E-state index in [0.29, 0.717) is 6.42 Å². The average Bonchev–Trinajstić information content (AvgIpc) is 2.94. The molecule has 22 heavy (non-hydrogen) atoms. The van der Waals surface area contributed by atoms with E-state index in [2.05, 4.69) is 33.7 Å². The first kappa shape index (κ1) is 14.8. The first-order chi connectivity index (χ1) is 10.6. The Morgan fingerprint density at radius 3 is 3.09 bits per heavy atom. The lowest BCUT2D eigenvalue weighted by molar-refractivity contribution is 0.225. The minimum absolute atomic E-state index is 0.124. The van der Waals surface area contributed by atoms with Gasteiger partial charge in [-0.3, -0.25) is 5.10 Å². The maximum absolute atomic E-state index is 9.47. The molecule has 116 valence electrons. The lowest BCUT2D eigenvalue weighted by Crippen LogP contribution is -2.18. The molecule has 3 rings (SSSR count). The standard InChI is InChI=1S/C17H22N4O/c1-11(18)6-13-7-16(15-10-20-21-17(15)8-13)19-9-12-2-4-14(22)5-3-12/h2-4,7-8,10-11,14,19,22H,5-6,9,18H2,1H3,(H,20,21). The second-order valence-corrected chi connectivity index (χ2v) is 5.95. The SMILES string of the molecule is CC(N)Cc1cc(NCC2=CCC(O)C=C2)c2cn[nH]c2c1. The third-order valence-electron chi connectivity index (χ3n) is 3.81. The van der Waals surface area contributed by atoms with Crippen LogP contribution < -0.4 is 11.1 Å². The molecule has 0 amide bonds. The number of nitrogens with one attached hydrogen (secondary N) is 2. The number of fused-ring (bicyclic) bond motifs is 1. The summed E-state index contributed by atoms with van der Waals surface area (Å²) in [6.45, 7) is 2.73. The van der Waals surface area contributed by atoms with E-state index >= 15 is 0 Å². The highest BCUT2D eigenvalue weighted by atomic mass is 16.3. The molecule has 2 unspecified atom stereocenters. The van der Waals surface area contributed by atoms with Crippen molar-refractivity contribution in [2.75, 3.05) is 11.9 Å². The number of anilines is 1. The smallest absolute Gasteiger partial charge is 0.0758 e. The van der Waals surface area contributed by atoms with Crippen LogP contribution in [0.2, 0.25) is 0 Å². The second kappa shape index (κ2) is 6.34. The fraction of sp³-hybridized carbons (Fsp3) is 0.353. The summed E-state index contributed by atoms with van der Waals surface area (Å²) in [5.41, 5.74) is 10.4. The molecule has 0 radical (unpaired) electrons. The lowest BCUT2D eigenvalue weighted by atomic mass is 10.0. The van der Waals surface area contributed by atoms with E-state index in [0.717, 1.165) is 29.6 Å². The third kappa shape index (κ3) is 3.37. The monoisotopic (exact) mass is 298 g/mol. The highest BCUT2D eigenvalue weighted by Gasteiger charge is 2.09. The van der Waals surface area contributed by atoms with Crippen LogP contribution in [-0.2, 0) is 6.42 Å². The molecule has 2 aromatic rings. The number of nitrogens with zero attached hydrogens (tertiary/aromatic N) is 1. The molecule has 1 aromatic carbocycles. The van der Waals surface area contributed by atoms with Gasteiger partial charge in [-0.15, -0.1) is 0 Å². The van der Waals surface area contributed by atoms with Crippen molar-refractivity contribution in [2.45, 2.75) is 31.9 Å². The molecule has 5 heteroatoms. The van der Waals surface area contributed by atoms with Crippen LogP contribution >= 0.6 is 0 Å². The average molecular weight is 298 g/mol. The first-order valence-corrected chi connectivity index (χ1v) is 7.62. The highest BCUT2D eigenvalue weighted by Crippen LogP contribution is 2.25. The van der Waals surface area contributed by atoms with Gasteiger partial charge in [-0.2, -0.15) is 5.10 Å². The molecule has 1 heterocycles. The van der Waals surface area contributed by atoms with Crippen molar-refractivity contribution >= 4 is 16.6 Å². The predicted octanol–water partition coefficient (Wildman–Crippen LogP) is 2.11. The molecule has 0 bridgehead atoms. The van der Waals surface area contributed by atoms with Crippen LogP contribution in [0, 0.1) is 0 Å². The molecule has 0 saturated carbocycles. The van der Waals surface area contributed by atoms with Crippen molar-refractivity contribution in [3.8, 4) is 0 Å². The van der Waals surface area contributed by atoms with Gasteiger partial charge in [0.1, 0.15) is 0 Å². The quantitative estimate of drug-likeness (QED) is 0.681. The second-order valence-electron chi connectivity index (χ2n) is 5.95. The molecule has 0 saturated heterocycles. The van der Waals surface area contributed by atoms with E-state index in [4.69, 9.17) is 5.73 Å². The molecule has 0 fully saturated rings. The van der Waals surface area contributed by atoms with Crippen molar-refractivity contribution in [3.63, 3.8) is 0 Å². The fourth-order valence-electron chi connectivity index (χ4n) is 2.73. The van der Waals surface area contributed by atoms with Gasteiger partial charge in [0.05, 0.1) is 17.8 Å². The number of nitrogens with two attached hydrogens (primary N) is 1. The predicted molar refractivity (Wildman–Crippen MR) is 89.8 cm³/mol. The molecule has 5 nitrogen and oxygen atoms in total. The van der Waals surface area contributed by atoms with E-state index in [9.17, 15) is 5.11 Å². The lowest BCUT2D eigenvalue weighted by Gasteiger charge is -2.14. The Morgan fingerprint density at radius 1 is 1.50 bits per heavy atom. The Hall–Kier alpha value is -2.11. The van der Waals surface area contributed by atoms with Crippen LogP contribution in [0.15, 0.2) is 42.1 Å². The molecule has 5 N–H and O–H groups in total. The first-order valence-electron chi connectivity index (χ1n) is 7.62. The molecule has 2 atom stereocenters. The van der Waals surface area contributed by atoms with Gasteiger partial charge in [0.15, 0.2) is 0 Å². The number of aliphatic hydroxyl groups is 1. The Kier molecular flexibility index (Phi) is 4.27. The molecular formula is C17H22N4O. The molecule has 1 aromatic heterocycles. The largest absolute Gasteiger partial charge is 0.389 e. The van der Waals surface area contributed by atoms with Crippen molar-refractivity contribution in [2.24, 2.45) is 5.73 Å². The van der Waals surface area contributed by atoms with Crippen LogP contribution in [0.25, 0.3) is 10.9 Å². The number of benzene rings is 1. The fourth-order valence-corrected chi connectivity index (χ4v) is 2.73. The van der Waals surface area contributed by atoms with Gasteiger partial charge in [-0.05, 0) is 43.0 Å². The molecular weight excluding hydrogens is 276 g/mol. The minimum atomic E-state index is -0.348. The Labute approximate surface area is 129 Å². The van der Waals surface area contributed by atoms with Crippen molar-refractivity contribution in [3.05, 3.63) is 47.7 Å². The molecule has 1 aliphatic carbocycles. The molecule has 1 aliphatic rings. The summed E-state index contributed by atoms with van der Waals surface area (Å²) in [6.07, 6.45) is 8.87. The van der Waals surface area contributed by atoms with E-state index in [-0.39, 0.29) is 12.1 Å². The summed E-state index contributed by atoms with van der Waals surface area (Å²) >= 11 is 0. The van der Waals surface area contributed by atoms with Gasteiger partial charge in [0.25, 0.3) is 0 Å². The Balaban J connectivity index is 1.80. The summed E-state index contributed by atoms with van der Waals surface area (Å²) in [6, 6.07) is 4.37. The number of H-pyrrole nitrogens is 1. The van der Waals surface area contributed by atoms with Gasteiger partial charge >= 0.3 is 0 Å². The van der Waals surface area contributed by atoms with E-state index in [1.165, 1.54) is 11.1 Å². The van der Waals surface area contributed by atoms with E-state index in [1.807, 2.05) is 25.3 Å². The zero-order valence-electron chi connectivity index (χ0n) is 12.7. The van der Waals surface area contributed by atoms with Gasteiger partial charge in [-0.1, -0.05) is 18.2 Å². The van der Waals surface area contributed by atoms with Gasteiger partial charge in [0, 0.05) is 23.7 Å². The molecule has 0 aliphatic heterocycles. The summed E-state index contributed by atoms with van der Waals surface area (Å²) in [5, 5.41) is 21.2. The Morgan fingerprint density at radius 2 is 2.36 bits per heavy atom. The van der Waals surface area contributed by atoms with Crippen LogP contribution in [0.3, 0.4) is 0 Å². The van der Waals surface area contributed by atoms with Gasteiger partial charge in [0.2, 0.25) is 0 Å². The summed E-state index contributed by atoms with van der Waals surface area (Å²) in [7, 11) is 0. The number of aromatic amines is 1. The van der Waals surface area contributed by atoms with Crippen molar-refractivity contribution < 1.29 is 5.11 Å². The summed E-state index contributed by atoms with van der Waals surface area (Å²) in [4.78, 5) is 0. The normalized spacial score (nSPS) is 19.2. The molecule has 0 spiro atoms. The van der Waals surface area contributed by atoms with Crippen molar-refractivity contribution in [1.29, 1.82) is 0 Å². The van der Waals surface area contributed by atoms with Crippen LogP contribution in [0.4, 0.5) is 5.69 Å². The number of aliphatic hydroxyl groups excluding tert-OH is 1. The van der Waals surface area contributed by atoms with Gasteiger partial charge < -0.3 is 16.2 Å². The number of hydrogen-bond donors (Lipinski definition) is 4. The van der Waals surface area contributed by atoms with Crippen LogP contribution in [0.5, 0.6) is 0 Å². The Bertz CT molecular complexity index is 715. The number of aromatic nitrogens is 2. The van der Waals surface area contributed by atoms with E-state index in [1.54, 1.807) is 0 Å². The zero-order valence-corrected chi connectivity index (χ0v) is 12.7. The van der Waals surface area contributed by atoms with Crippen LogP contribution in [-0.4, -0.2) is 34.0 Å². The van der Waals surface area contributed by atoms with Crippen molar-refractivity contribution in [1.82, 2.24) is 10.2 Å². The number of hydrogen-bond acceptors (Lipinski definition) is 4. The topological polar surface area (TPSA) is 87.0 Å². The summed E-state index contributed by atoms with van der Waals surface area (Å²) < 4.78 is 0. The highest BCUT2D eigenvalue weighted by molar-refractivity contribution is 5.91. The maximum atomic E-state index is 9.47. The number of rotatable bonds is 5. The maximum Gasteiger partial charge on any atom is 0.0758 e. The summed E-state index contributed by atoms with van der Waals surface area (Å²) in [5.74, 6) is 0. The van der Waals surface area contributed by atoms with E-state index < -0.39 is 0 Å².